The number of hydrogen-bond donors (Lipinski definition) is 1. The number of benzene rings is 2. The lowest BCUT2D eigenvalue weighted by Crippen LogP contribution is -2.29. The number of aryl methyl sites for hydroxylation is 3. The molecule has 5 rings (SSSR count). The molecular formula is C28H27FN4S. The molecule has 2 unspecified atom stereocenters. The fraction of sp³-hybridized carbons (Fsp3) is 0.214. The van der Waals surface area contributed by atoms with Crippen LogP contribution in [0.2, 0.25) is 0 Å². The van der Waals surface area contributed by atoms with Gasteiger partial charge in [-0.1, -0.05) is 18.2 Å². The van der Waals surface area contributed by atoms with Crippen LogP contribution in [0.3, 0.4) is 0 Å². The summed E-state index contributed by atoms with van der Waals surface area (Å²) in [6, 6.07) is 21.5. The molecule has 2 atom stereocenters. The number of hydrogen-bond acceptors (Lipinski definition) is 2. The van der Waals surface area contributed by atoms with Gasteiger partial charge in [0.1, 0.15) is 5.82 Å². The first kappa shape index (κ1) is 22.3. The molecule has 0 spiro atoms. The van der Waals surface area contributed by atoms with Gasteiger partial charge in [-0.25, -0.2) is 4.39 Å². The highest BCUT2D eigenvalue weighted by molar-refractivity contribution is 7.80. The molecule has 0 aliphatic carbocycles. The first-order chi connectivity index (χ1) is 16.3. The number of pyridine rings is 1. The zero-order valence-corrected chi connectivity index (χ0v) is 20.5. The van der Waals surface area contributed by atoms with Crippen LogP contribution in [-0.2, 0) is 0 Å². The maximum atomic E-state index is 14.1. The Kier molecular flexibility index (Phi) is 5.70. The number of nitrogens with zero attached hydrogens (tertiary/aromatic N) is 3. The van der Waals surface area contributed by atoms with E-state index in [1.54, 1.807) is 19.2 Å². The first-order valence-electron chi connectivity index (χ1n) is 11.4. The highest BCUT2D eigenvalue weighted by Crippen LogP contribution is 2.44. The van der Waals surface area contributed by atoms with Gasteiger partial charge in [-0.2, -0.15) is 0 Å². The van der Waals surface area contributed by atoms with E-state index in [0.717, 1.165) is 34.0 Å². The number of thiocarbonyl (C=S) groups is 1. The van der Waals surface area contributed by atoms with E-state index in [4.69, 9.17) is 12.2 Å². The van der Waals surface area contributed by atoms with Crippen LogP contribution in [0.15, 0.2) is 72.9 Å². The molecule has 34 heavy (non-hydrogen) atoms. The van der Waals surface area contributed by atoms with E-state index < -0.39 is 0 Å². The minimum Gasteiger partial charge on any atom is -0.351 e. The third-order valence-electron chi connectivity index (χ3n) is 6.57. The van der Waals surface area contributed by atoms with E-state index in [-0.39, 0.29) is 17.9 Å². The fourth-order valence-corrected chi connectivity index (χ4v) is 5.33. The number of aromatic nitrogens is 2. The van der Waals surface area contributed by atoms with Crippen LogP contribution in [0.4, 0.5) is 10.1 Å². The summed E-state index contributed by atoms with van der Waals surface area (Å²) in [7, 11) is 0. The van der Waals surface area contributed by atoms with E-state index in [9.17, 15) is 4.39 Å². The summed E-state index contributed by atoms with van der Waals surface area (Å²) in [5.74, 6) is -0.225. The Labute approximate surface area is 205 Å². The molecule has 172 valence electrons. The lowest BCUT2D eigenvalue weighted by atomic mass is 9.96. The van der Waals surface area contributed by atoms with Crippen LogP contribution in [0.5, 0.6) is 0 Å². The summed E-state index contributed by atoms with van der Waals surface area (Å²) in [6.45, 7) is 8.16. The summed E-state index contributed by atoms with van der Waals surface area (Å²) >= 11 is 5.83. The molecule has 6 heteroatoms. The number of nitrogens with one attached hydrogen (secondary N) is 1. The predicted molar refractivity (Wildman–Crippen MR) is 139 cm³/mol. The zero-order chi connectivity index (χ0) is 24.0. The van der Waals surface area contributed by atoms with Gasteiger partial charge in [0, 0.05) is 29.0 Å². The van der Waals surface area contributed by atoms with Crippen molar-refractivity contribution in [2.75, 3.05) is 4.90 Å². The molecule has 1 aliphatic rings. The normalized spacial score (nSPS) is 17.8. The Balaban J connectivity index is 1.69. The largest absolute Gasteiger partial charge is 0.351 e. The van der Waals surface area contributed by atoms with E-state index in [1.807, 2.05) is 24.3 Å². The predicted octanol–water partition coefficient (Wildman–Crippen LogP) is 6.42. The third-order valence-corrected chi connectivity index (χ3v) is 6.88. The smallest absolute Gasteiger partial charge is 0.174 e. The SMILES string of the molecule is Cc1cccc(-n2c(C)cc(C3C(c4ccccn4)NC(=S)N3c3ccc(F)c(C)c3)c2C)c1. The second-order valence-electron chi connectivity index (χ2n) is 8.93. The van der Waals surface area contributed by atoms with Gasteiger partial charge in [0.15, 0.2) is 5.11 Å². The quantitative estimate of drug-likeness (QED) is 0.349. The highest BCUT2D eigenvalue weighted by Gasteiger charge is 2.42. The Morgan fingerprint density at radius 1 is 0.912 bits per heavy atom. The molecule has 1 N–H and O–H groups in total. The molecule has 2 aromatic heterocycles. The molecule has 1 aliphatic heterocycles. The van der Waals surface area contributed by atoms with Crippen molar-refractivity contribution in [1.82, 2.24) is 14.9 Å². The van der Waals surface area contributed by atoms with E-state index in [1.165, 1.54) is 11.6 Å². The number of anilines is 1. The van der Waals surface area contributed by atoms with E-state index in [0.29, 0.717) is 10.7 Å². The second kappa shape index (κ2) is 8.69. The van der Waals surface area contributed by atoms with Crippen molar-refractivity contribution in [1.29, 1.82) is 0 Å². The Hall–Kier alpha value is -3.51. The zero-order valence-electron chi connectivity index (χ0n) is 19.7. The Morgan fingerprint density at radius 3 is 2.44 bits per heavy atom. The van der Waals surface area contributed by atoms with Crippen molar-refractivity contribution in [3.8, 4) is 5.69 Å². The van der Waals surface area contributed by atoms with Gasteiger partial charge in [-0.05, 0) is 105 Å². The van der Waals surface area contributed by atoms with E-state index >= 15 is 0 Å². The molecular weight excluding hydrogens is 443 g/mol. The molecule has 4 aromatic rings. The average molecular weight is 471 g/mol. The van der Waals surface area contributed by atoms with Gasteiger partial charge in [0.05, 0.1) is 17.8 Å². The topological polar surface area (TPSA) is 33.1 Å². The average Bonchev–Trinajstić information content (AvgIpc) is 3.31. The molecule has 4 nitrogen and oxygen atoms in total. The van der Waals surface area contributed by atoms with Crippen LogP contribution >= 0.6 is 12.2 Å². The number of halogens is 1. The Bertz CT molecular complexity index is 1380. The highest BCUT2D eigenvalue weighted by atomic mass is 32.1. The van der Waals surface area contributed by atoms with Crippen LogP contribution < -0.4 is 10.2 Å². The van der Waals surface area contributed by atoms with Crippen molar-refractivity contribution >= 4 is 23.0 Å². The van der Waals surface area contributed by atoms with Gasteiger partial charge in [-0.15, -0.1) is 0 Å². The maximum Gasteiger partial charge on any atom is 0.174 e. The van der Waals surface area contributed by atoms with Crippen LogP contribution in [0, 0.1) is 33.5 Å². The minimum atomic E-state index is -0.225. The lowest BCUT2D eigenvalue weighted by molar-refractivity contribution is 0.564. The summed E-state index contributed by atoms with van der Waals surface area (Å²) in [6.07, 6.45) is 1.80. The molecule has 0 radical (unpaired) electrons. The second-order valence-corrected chi connectivity index (χ2v) is 9.32. The van der Waals surface area contributed by atoms with Crippen molar-refractivity contribution in [2.24, 2.45) is 0 Å². The van der Waals surface area contributed by atoms with Crippen molar-refractivity contribution in [3.05, 3.63) is 113 Å². The first-order valence-corrected chi connectivity index (χ1v) is 11.8. The standard InChI is InChI=1S/C28H27FN4S/c1-17-8-7-9-21(14-17)32-19(3)16-23(20(32)4)27-26(25-10-5-6-13-30-25)31-28(34)33(27)22-11-12-24(29)18(2)15-22/h5-16,26-27H,1-4H3,(H,31,34). The molecule has 0 bridgehead atoms. The molecule has 1 saturated heterocycles. The summed E-state index contributed by atoms with van der Waals surface area (Å²) in [4.78, 5) is 6.74. The molecule has 1 fully saturated rings. The molecule has 0 saturated carbocycles. The fourth-order valence-electron chi connectivity index (χ4n) is 4.98. The Morgan fingerprint density at radius 2 is 1.74 bits per heavy atom. The van der Waals surface area contributed by atoms with Crippen molar-refractivity contribution < 1.29 is 4.39 Å². The van der Waals surface area contributed by atoms with Crippen molar-refractivity contribution in [3.63, 3.8) is 0 Å². The van der Waals surface area contributed by atoms with Gasteiger partial charge >= 0.3 is 0 Å². The van der Waals surface area contributed by atoms with Gasteiger partial charge < -0.3 is 14.8 Å². The summed E-state index contributed by atoms with van der Waals surface area (Å²) in [5, 5.41) is 4.10. The van der Waals surface area contributed by atoms with Gasteiger partial charge in [-0.3, -0.25) is 4.98 Å². The summed E-state index contributed by atoms with van der Waals surface area (Å²) in [5.41, 5.74) is 8.15. The molecule has 0 amide bonds. The number of rotatable bonds is 4. The lowest BCUT2D eigenvalue weighted by Gasteiger charge is -2.28. The summed E-state index contributed by atoms with van der Waals surface area (Å²) < 4.78 is 16.4. The van der Waals surface area contributed by atoms with Gasteiger partial charge in [0.2, 0.25) is 0 Å². The molecule has 2 aromatic carbocycles. The van der Waals surface area contributed by atoms with E-state index in [2.05, 4.69) is 70.9 Å². The third kappa shape index (κ3) is 3.78. The van der Waals surface area contributed by atoms with Crippen molar-refractivity contribution in [2.45, 2.75) is 39.8 Å². The monoisotopic (exact) mass is 470 g/mol. The minimum absolute atomic E-state index is 0.142. The van der Waals surface area contributed by atoms with Crippen LogP contribution in [-0.4, -0.2) is 14.7 Å². The van der Waals surface area contributed by atoms with Crippen LogP contribution in [0.25, 0.3) is 5.69 Å². The van der Waals surface area contributed by atoms with Gasteiger partial charge in [0.25, 0.3) is 0 Å². The molecule has 3 heterocycles. The maximum absolute atomic E-state index is 14.1. The van der Waals surface area contributed by atoms with Crippen LogP contribution in [0.1, 0.15) is 45.9 Å².